The zero-order chi connectivity index (χ0) is 21.0. The van der Waals surface area contributed by atoms with Crippen molar-refractivity contribution in [3.8, 4) is 11.5 Å². The van der Waals surface area contributed by atoms with E-state index in [9.17, 15) is 28.1 Å². The van der Waals surface area contributed by atoms with Gasteiger partial charge in [0.2, 0.25) is 5.89 Å². The van der Waals surface area contributed by atoms with Gasteiger partial charge in [-0.05, 0) is 48.0 Å². The van der Waals surface area contributed by atoms with Crippen molar-refractivity contribution in [2.45, 2.75) is 6.18 Å². The van der Waals surface area contributed by atoms with Gasteiger partial charge >= 0.3 is 12.2 Å². The van der Waals surface area contributed by atoms with Crippen LogP contribution in [0.2, 0.25) is 0 Å². The molecule has 148 valence electrons. The molecular formula is C18H11F3N4O4. The monoisotopic (exact) mass is 404 g/mol. The lowest BCUT2D eigenvalue weighted by molar-refractivity contribution is -0.384. The summed E-state index contributed by atoms with van der Waals surface area (Å²) in [6.45, 7) is 0. The lowest BCUT2D eigenvalue weighted by atomic mass is 10.1. The maximum Gasteiger partial charge on any atom is 0.416 e. The molecule has 8 nitrogen and oxygen atoms in total. The Labute approximate surface area is 160 Å². The van der Waals surface area contributed by atoms with Gasteiger partial charge in [-0.25, -0.2) is 0 Å². The first-order valence-electron chi connectivity index (χ1n) is 7.97. The molecular weight excluding hydrogens is 393 g/mol. The van der Waals surface area contributed by atoms with Crippen LogP contribution < -0.4 is 5.32 Å². The van der Waals surface area contributed by atoms with Crippen molar-refractivity contribution < 1.29 is 27.3 Å². The molecule has 0 unspecified atom stereocenters. The maximum absolute atomic E-state index is 12.6. The molecule has 2 aromatic carbocycles. The fourth-order valence-corrected chi connectivity index (χ4v) is 2.22. The molecule has 0 aliphatic carbocycles. The number of amides is 1. The number of aromatic nitrogens is 2. The van der Waals surface area contributed by atoms with Crippen LogP contribution in [-0.2, 0) is 11.0 Å². The summed E-state index contributed by atoms with van der Waals surface area (Å²) < 4.78 is 43.0. The Hall–Kier alpha value is -4.02. The minimum Gasteiger partial charge on any atom is -0.403 e. The number of nitro benzene ring substituents is 1. The number of anilines is 1. The normalized spacial score (nSPS) is 11.6. The van der Waals surface area contributed by atoms with Crippen LogP contribution >= 0.6 is 0 Å². The number of alkyl halides is 3. The van der Waals surface area contributed by atoms with Gasteiger partial charge in [-0.2, -0.15) is 13.2 Å². The van der Waals surface area contributed by atoms with E-state index < -0.39 is 22.6 Å². The number of halogens is 3. The third-order valence-corrected chi connectivity index (χ3v) is 3.65. The zero-order valence-corrected chi connectivity index (χ0v) is 14.4. The van der Waals surface area contributed by atoms with E-state index in [1.165, 1.54) is 42.5 Å². The van der Waals surface area contributed by atoms with Crippen LogP contribution in [0.25, 0.3) is 17.5 Å². The Bertz CT molecular complexity index is 1060. The summed E-state index contributed by atoms with van der Waals surface area (Å²) in [4.78, 5) is 22.0. The Morgan fingerprint density at radius 2 is 1.72 bits per heavy atom. The summed E-state index contributed by atoms with van der Waals surface area (Å²) in [6, 6.07) is 9.41. The second-order valence-electron chi connectivity index (χ2n) is 5.66. The molecule has 1 amide bonds. The van der Waals surface area contributed by atoms with Crippen molar-refractivity contribution in [1.82, 2.24) is 10.2 Å². The average molecular weight is 404 g/mol. The predicted molar refractivity (Wildman–Crippen MR) is 95.5 cm³/mol. The number of carbonyl (C=O) groups excluding carboxylic acids is 1. The zero-order valence-electron chi connectivity index (χ0n) is 14.4. The maximum atomic E-state index is 12.6. The van der Waals surface area contributed by atoms with E-state index in [4.69, 9.17) is 4.42 Å². The Morgan fingerprint density at radius 3 is 2.31 bits per heavy atom. The number of hydrogen-bond donors (Lipinski definition) is 1. The molecule has 29 heavy (non-hydrogen) atoms. The van der Waals surface area contributed by atoms with E-state index in [2.05, 4.69) is 15.5 Å². The van der Waals surface area contributed by atoms with Crippen LogP contribution in [0.5, 0.6) is 0 Å². The molecule has 0 radical (unpaired) electrons. The van der Waals surface area contributed by atoms with Gasteiger partial charge in [-0.1, -0.05) is 5.10 Å². The third kappa shape index (κ3) is 5.03. The topological polar surface area (TPSA) is 111 Å². The van der Waals surface area contributed by atoms with Crippen LogP contribution in [0.3, 0.4) is 0 Å². The number of nitrogens with zero attached hydrogens (tertiary/aromatic N) is 3. The molecule has 0 saturated carbocycles. The molecule has 0 spiro atoms. The highest BCUT2D eigenvalue weighted by atomic mass is 19.4. The van der Waals surface area contributed by atoms with Crippen LogP contribution in [0.15, 0.2) is 59.0 Å². The van der Waals surface area contributed by atoms with Crippen molar-refractivity contribution in [2.24, 2.45) is 0 Å². The molecule has 0 saturated heterocycles. The van der Waals surface area contributed by atoms with Gasteiger partial charge in [-0.3, -0.25) is 20.2 Å². The van der Waals surface area contributed by atoms with Gasteiger partial charge in [-0.15, -0.1) is 5.10 Å². The number of non-ortho nitro benzene ring substituents is 1. The van der Waals surface area contributed by atoms with Crippen LogP contribution in [0, 0.1) is 10.1 Å². The summed E-state index contributed by atoms with van der Waals surface area (Å²) in [5, 5.41) is 20.2. The molecule has 11 heteroatoms. The lowest BCUT2D eigenvalue weighted by Crippen LogP contribution is -2.07. The number of benzene rings is 2. The van der Waals surface area contributed by atoms with Crippen molar-refractivity contribution in [2.75, 3.05) is 5.32 Å². The SMILES string of the molecule is O=C(C=Cc1ccc([N+](=O)[O-])cc1)Nc1nnc(-c2ccc(C(F)(F)F)cc2)o1. The highest BCUT2D eigenvalue weighted by molar-refractivity contribution is 6.00. The minimum atomic E-state index is -4.46. The number of hydrogen-bond acceptors (Lipinski definition) is 6. The second kappa shape index (κ2) is 7.92. The van der Waals surface area contributed by atoms with E-state index in [0.717, 1.165) is 18.2 Å². The van der Waals surface area contributed by atoms with E-state index >= 15 is 0 Å². The first kappa shape index (κ1) is 19.7. The molecule has 0 atom stereocenters. The van der Waals surface area contributed by atoms with Gasteiger partial charge in [0, 0.05) is 23.8 Å². The van der Waals surface area contributed by atoms with Gasteiger partial charge in [0.15, 0.2) is 0 Å². The quantitative estimate of drug-likeness (QED) is 0.385. The lowest BCUT2D eigenvalue weighted by Gasteiger charge is -2.05. The predicted octanol–water partition coefficient (Wildman–Crippen LogP) is 4.32. The summed E-state index contributed by atoms with van der Waals surface area (Å²) in [6.07, 6.45) is -1.88. The van der Waals surface area contributed by atoms with Gasteiger partial charge in [0.05, 0.1) is 10.5 Å². The number of nitro groups is 1. The fraction of sp³-hybridized carbons (Fsp3) is 0.0556. The van der Waals surface area contributed by atoms with E-state index in [0.29, 0.717) is 5.56 Å². The Balaban J connectivity index is 1.63. The summed E-state index contributed by atoms with van der Waals surface area (Å²) >= 11 is 0. The molecule has 1 N–H and O–H groups in total. The van der Waals surface area contributed by atoms with Crippen molar-refractivity contribution in [1.29, 1.82) is 0 Å². The fourth-order valence-electron chi connectivity index (χ4n) is 2.22. The van der Waals surface area contributed by atoms with E-state index in [-0.39, 0.29) is 23.2 Å². The van der Waals surface area contributed by atoms with Gasteiger partial charge in [0.25, 0.3) is 11.6 Å². The third-order valence-electron chi connectivity index (χ3n) is 3.65. The highest BCUT2D eigenvalue weighted by Gasteiger charge is 2.30. The van der Waals surface area contributed by atoms with E-state index in [1.807, 2.05) is 0 Å². The summed E-state index contributed by atoms with van der Waals surface area (Å²) in [5.74, 6) is -0.667. The average Bonchev–Trinajstić information content (AvgIpc) is 3.14. The van der Waals surface area contributed by atoms with Crippen molar-refractivity contribution >= 4 is 23.7 Å². The van der Waals surface area contributed by atoms with Crippen LogP contribution in [-0.4, -0.2) is 21.0 Å². The molecule has 0 fully saturated rings. The van der Waals surface area contributed by atoms with Gasteiger partial charge in [0.1, 0.15) is 0 Å². The second-order valence-corrected chi connectivity index (χ2v) is 5.66. The first-order valence-corrected chi connectivity index (χ1v) is 7.97. The standard InChI is InChI=1S/C18H11F3N4O4/c19-18(20,21)13-6-4-12(5-7-13)16-23-24-17(29-16)22-15(26)10-3-11-1-8-14(9-2-11)25(27)28/h1-10H,(H,22,24,26). The molecule has 0 aliphatic rings. The van der Waals surface area contributed by atoms with Crippen LogP contribution in [0.1, 0.15) is 11.1 Å². The highest BCUT2D eigenvalue weighted by Crippen LogP contribution is 2.30. The summed E-state index contributed by atoms with van der Waals surface area (Å²) in [5.41, 5.74) is -0.0759. The number of rotatable bonds is 5. The smallest absolute Gasteiger partial charge is 0.403 e. The number of carbonyl (C=O) groups is 1. The summed E-state index contributed by atoms with van der Waals surface area (Å²) in [7, 11) is 0. The molecule has 1 aromatic heterocycles. The Morgan fingerprint density at radius 1 is 1.07 bits per heavy atom. The first-order chi connectivity index (χ1) is 13.7. The minimum absolute atomic E-state index is 0.0617. The van der Waals surface area contributed by atoms with Crippen molar-refractivity contribution in [3.63, 3.8) is 0 Å². The van der Waals surface area contributed by atoms with Crippen molar-refractivity contribution in [3.05, 3.63) is 75.8 Å². The van der Waals surface area contributed by atoms with Crippen LogP contribution in [0.4, 0.5) is 24.9 Å². The molecule has 3 rings (SSSR count). The molecule has 0 aliphatic heterocycles. The van der Waals surface area contributed by atoms with E-state index in [1.54, 1.807) is 0 Å². The largest absolute Gasteiger partial charge is 0.416 e. The molecule has 1 heterocycles. The Kier molecular flexibility index (Phi) is 5.39. The van der Waals surface area contributed by atoms with Gasteiger partial charge < -0.3 is 4.42 Å². The molecule has 0 bridgehead atoms. The number of nitrogens with one attached hydrogen (secondary N) is 1. The molecule has 3 aromatic rings.